The van der Waals surface area contributed by atoms with Crippen LogP contribution in [-0.4, -0.2) is 12.6 Å². The summed E-state index contributed by atoms with van der Waals surface area (Å²) >= 11 is 5.79. The molecular formula is C12H16ClFN4. The van der Waals surface area contributed by atoms with Crippen LogP contribution in [0.5, 0.6) is 0 Å². The highest BCUT2D eigenvalue weighted by Gasteiger charge is 2.21. The molecule has 1 aromatic rings. The highest BCUT2D eigenvalue weighted by Crippen LogP contribution is 2.37. The first kappa shape index (κ1) is 14.4. The highest BCUT2D eigenvalue weighted by atomic mass is 35.5. The molecule has 0 aromatic heterocycles. The van der Waals surface area contributed by atoms with Crippen LogP contribution < -0.4 is 16.4 Å². The summed E-state index contributed by atoms with van der Waals surface area (Å²) in [4.78, 5) is 1.71. The van der Waals surface area contributed by atoms with E-state index in [1.54, 1.807) is 4.90 Å². The molecule has 4 N–H and O–H groups in total. The molecule has 0 aliphatic rings. The lowest BCUT2D eigenvalue weighted by molar-refractivity contribution is 0.602. The molecule has 0 amide bonds. The van der Waals surface area contributed by atoms with Gasteiger partial charge >= 0.3 is 0 Å². The summed E-state index contributed by atoms with van der Waals surface area (Å²) in [6.07, 6.45) is 0.277. The van der Waals surface area contributed by atoms with Crippen molar-refractivity contribution >= 4 is 28.7 Å². The Bertz CT molecular complexity index is 482. The van der Waals surface area contributed by atoms with Crippen molar-refractivity contribution in [3.63, 3.8) is 0 Å². The summed E-state index contributed by atoms with van der Waals surface area (Å²) in [5.74, 6) is -0.638. The maximum Gasteiger partial charge on any atom is 0.169 e. The minimum absolute atomic E-state index is 0.00478. The topological polar surface area (TPSA) is 79.1 Å². The van der Waals surface area contributed by atoms with Crippen molar-refractivity contribution in [1.29, 1.82) is 5.26 Å². The van der Waals surface area contributed by atoms with E-state index >= 15 is 0 Å². The second kappa shape index (κ2) is 5.78. The first-order valence-electron chi connectivity index (χ1n) is 5.56. The molecule has 1 rings (SSSR count). The van der Waals surface area contributed by atoms with Gasteiger partial charge in [-0.15, -0.1) is 0 Å². The number of nitrogens with two attached hydrogens (primary N) is 2. The van der Waals surface area contributed by atoms with E-state index in [1.165, 1.54) is 6.07 Å². The molecular weight excluding hydrogens is 255 g/mol. The fourth-order valence-corrected chi connectivity index (χ4v) is 1.89. The summed E-state index contributed by atoms with van der Waals surface area (Å²) in [5, 5.41) is 8.50. The molecule has 0 radical (unpaired) electrons. The van der Waals surface area contributed by atoms with Gasteiger partial charge in [0, 0.05) is 12.6 Å². The van der Waals surface area contributed by atoms with Crippen LogP contribution in [0, 0.1) is 17.1 Å². The van der Waals surface area contributed by atoms with Crippen molar-refractivity contribution in [2.75, 3.05) is 22.9 Å². The Balaban J connectivity index is 3.28. The quantitative estimate of drug-likeness (QED) is 0.825. The zero-order chi connectivity index (χ0) is 13.9. The van der Waals surface area contributed by atoms with Gasteiger partial charge in [0.15, 0.2) is 5.82 Å². The molecule has 0 unspecified atom stereocenters. The Labute approximate surface area is 111 Å². The largest absolute Gasteiger partial charge is 0.397 e. The number of nitrogens with zero attached hydrogens (tertiary/aromatic N) is 2. The van der Waals surface area contributed by atoms with Crippen molar-refractivity contribution in [3.05, 3.63) is 16.9 Å². The van der Waals surface area contributed by atoms with Crippen LogP contribution in [0.3, 0.4) is 0 Å². The third kappa shape index (κ3) is 2.77. The summed E-state index contributed by atoms with van der Waals surface area (Å²) in [6, 6.07) is 3.45. The monoisotopic (exact) mass is 270 g/mol. The van der Waals surface area contributed by atoms with E-state index in [9.17, 15) is 4.39 Å². The van der Waals surface area contributed by atoms with Gasteiger partial charge in [0.2, 0.25) is 0 Å². The summed E-state index contributed by atoms with van der Waals surface area (Å²) in [7, 11) is 0. The van der Waals surface area contributed by atoms with Crippen molar-refractivity contribution in [3.8, 4) is 6.07 Å². The molecule has 4 nitrogen and oxygen atoms in total. The smallest absolute Gasteiger partial charge is 0.169 e. The Hall–Kier alpha value is -1.67. The number of hydrogen-bond donors (Lipinski definition) is 2. The maximum atomic E-state index is 14.1. The molecule has 6 heteroatoms. The second-order valence-corrected chi connectivity index (χ2v) is 4.60. The van der Waals surface area contributed by atoms with E-state index in [1.807, 2.05) is 19.9 Å². The van der Waals surface area contributed by atoms with E-state index in [-0.39, 0.29) is 34.5 Å². The molecule has 0 aliphatic carbocycles. The van der Waals surface area contributed by atoms with E-state index in [2.05, 4.69) is 0 Å². The van der Waals surface area contributed by atoms with Gasteiger partial charge in [-0.3, -0.25) is 0 Å². The second-order valence-electron chi connectivity index (χ2n) is 4.23. The summed E-state index contributed by atoms with van der Waals surface area (Å²) < 4.78 is 14.1. The Morgan fingerprint density at radius 1 is 1.44 bits per heavy atom. The van der Waals surface area contributed by atoms with E-state index in [0.717, 1.165) is 0 Å². The first-order valence-corrected chi connectivity index (χ1v) is 5.94. The molecule has 0 heterocycles. The Morgan fingerprint density at radius 3 is 2.56 bits per heavy atom. The highest BCUT2D eigenvalue weighted by molar-refractivity contribution is 6.33. The number of hydrogen-bond acceptors (Lipinski definition) is 4. The molecule has 0 saturated carbocycles. The van der Waals surface area contributed by atoms with Crippen molar-refractivity contribution in [2.45, 2.75) is 26.3 Å². The standard InChI is InChI=1S/C12H16ClFN4/c1-7(2)18(5-3-4-15)12-9(17)6-8(16)10(13)11(12)14/h6-7H,3,5,16-17H2,1-2H3. The molecule has 0 aliphatic heterocycles. The van der Waals surface area contributed by atoms with Crippen molar-refractivity contribution in [1.82, 2.24) is 0 Å². The van der Waals surface area contributed by atoms with Gasteiger partial charge in [-0.05, 0) is 19.9 Å². The van der Waals surface area contributed by atoms with E-state index < -0.39 is 5.82 Å². The lowest BCUT2D eigenvalue weighted by atomic mass is 10.1. The van der Waals surface area contributed by atoms with Crippen LogP contribution in [-0.2, 0) is 0 Å². The molecule has 0 bridgehead atoms. The molecule has 0 spiro atoms. The van der Waals surface area contributed by atoms with Crippen molar-refractivity contribution < 1.29 is 4.39 Å². The molecule has 0 fully saturated rings. The lowest BCUT2D eigenvalue weighted by Gasteiger charge is -2.30. The minimum atomic E-state index is -0.638. The SMILES string of the molecule is CC(C)N(CCC#N)c1c(N)cc(N)c(Cl)c1F. The van der Waals surface area contributed by atoms with Crippen LogP contribution in [0.1, 0.15) is 20.3 Å². The van der Waals surface area contributed by atoms with Crippen molar-refractivity contribution in [2.24, 2.45) is 0 Å². The maximum absolute atomic E-state index is 14.1. The Morgan fingerprint density at radius 2 is 2.06 bits per heavy atom. The predicted octanol–water partition coefficient (Wildman–Crippen LogP) is 2.77. The number of benzene rings is 1. The predicted molar refractivity (Wildman–Crippen MR) is 72.9 cm³/mol. The zero-order valence-corrected chi connectivity index (χ0v) is 11.1. The number of rotatable bonds is 4. The van der Waals surface area contributed by atoms with Crippen LogP contribution in [0.2, 0.25) is 5.02 Å². The summed E-state index contributed by atoms with van der Waals surface area (Å²) in [6.45, 7) is 4.16. The number of nitriles is 1. The molecule has 18 heavy (non-hydrogen) atoms. The number of nitrogen functional groups attached to an aromatic ring is 2. The molecule has 1 aromatic carbocycles. The normalized spacial score (nSPS) is 10.4. The average Bonchev–Trinajstić information content (AvgIpc) is 2.30. The zero-order valence-electron chi connectivity index (χ0n) is 10.4. The van der Waals surface area contributed by atoms with Gasteiger partial charge in [-0.25, -0.2) is 4.39 Å². The van der Waals surface area contributed by atoms with Crippen LogP contribution in [0.25, 0.3) is 0 Å². The molecule has 98 valence electrons. The lowest BCUT2D eigenvalue weighted by Crippen LogP contribution is -2.33. The van der Waals surface area contributed by atoms with Gasteiger partial charge in [0.05, 0.1) is 29.6 Å². The van der Waals surface area contributed by atoms with Crippen LogP contribution in [0.4, 0.5) is 21.5 Å². The third-order valence-electron chi connectivity index (χ3n) is 2.61. The van der Waals surface area contributed by atoms with Crippen LogP contribution >= 0.6 is 11.6 Å². The summed E-state index contributed by atoms with van der Waals surface area (Å²) in [5.41, 5.74) is 11.9. The van der Waals surface area contributed by atoms with Gasteiger partial charge < -0.3 is 16.4 Å². The van der Waals surface area contributed by atoms with E-state index in [4.69, 9.17) is 28.3 Å². The minimum Gasteiger partial charge on any atom is -0.397 e. The molecule has 0 saturated heterocycles. The Kier molecular flexibility index (Phi) is 4.62. The van der Waals surface area contributed by atoms with E-state index in [0.29, 0.717) is 6.54 Å². The number of halogens is 2. The van der Waals surface area contributed by atoms with Crippen LogP contribution in [0.15, 0.2) is 6.07 Å². The van der Waals surface area contributed by atoms with Gasteiger partial charge in [0.1, 0.15) is 5.02 Å². The third-order valence-corrected chi connectivity index (χ3v) is 3.00. The van der Waals surface area contributed by atoms with Gasteiger partial charge in [0.25, 0.3) is 0 Å². The fraction of sp³-hybridized carbons (Fsp3) is 0.417. The van der Waals surface area contributed by atoms with Gasteiger partial charge in [-0.1, -0.05) is 11.6 Å². The average molecular weight is 271 g/mol. The number of anilines is 3. The molecule has 0 atom stereocenters. The fourth-order valence-electron chi connectivity index (χ4n) is 1.75. The first-order chi connectivity index (χ1) is 8.40. The van der Waals surface area contributed by atoms with Gasteiger partial charge in [-0.2, -0.15) is 5.26 Å².